The fourth-order valence-electron chi connectivity index (χ4n) is 4.01. The van der Waals surface area contributed by atoms with Crippen molar-refractivity contribution in [1.82, 2.24) is 0 Å². The molecule has 5 nitrogen and oxygen atoms in total. The fraction of sp³-hybridized carbons (Fsp3) is 0.391. The van der Waals surface area contributed by atoms with Gasteiger partial charge in [-0.2, -0.15) is 0 Å². The molecule has 0 N–H and O–H groups in total. The second-order valence-electron chi connectivity index (χ2n) is 7.69. The van der Waals surface area contributed by atoms with E-state index in [9.17, 15) is 4.79 Å². The van der Waals surface area contributed by atoms with E-state index in [1.807, 2.05) is 56.5 Å². The first-order valence-corrected chi connectivity index (χ1v) is 11.8. The maximum absolute atomic E-state index is 12.8. The zero-order valence-corrected chi connectivity index (χ0v) is 20.5. The molecule has 0 radical (unpaired) electrons. The number of carbonyl (C=O) groups excluding carboxylic acids is 1. The Morgan fingerprint density at radius 3 is 2.37 bits per heavy atom. The van der Waals surface area contributed by atoms with Crippen molar-refractivity contribution in [1.29, 1.82) is 0 Å². The van der Waals surface area contributed by atoms with E-state index in [1.54, 1.807) is 0 Å². The molecule has 1 fully saturated rings. The monoisotopic (exact) mass is 539 g/mol. The van der Waals surface area contributed by atoms with Crippen molar-refractivity contribution in [2.45, 2.75) is 49.2 Å². The molecule has 30 heavy (non-hydrogen) atoms. The van der Waals surface area contributed by atoms with Crippen molar-refractivity contribution in [3.63, 3.8) is 0 Å². The molecule has 0 bridgehead atoms. The number of fused-ring (bicyclic) bond motifs is 1. The van der Waals surface area contributed by atoms with Crippen LogP contribution in [-0.2, 0) is 19.0 Å². The Morgan fingerprint density at radius 2 is 1.73 bits per heavy atom. The second kappa shape index (κ2) is 9.75. The molecule has 0 saturated carbocycles. The third-order valence-corrected chi connectivity index (χ3v) is 7.58. The maximum Gasteiger partial charge on any atom is -1.00 e. The Bertz CT molecular complexity index is 891. The number of hydrogen-bond donors (Lipinski definition) is 0. The SMILES string of the molecule is COC(=O)[C@H](c1ccccc1)[N+]1=C[C@@H]2OC(C)(C)O[C@@H]2C1C[Se]c1ccccc1.[Br-]. The summed E-state index contributed by atoms with van der Waals surface area (Å²) in [5, 5.41) is 0.911. The van der Waals surface area contributed by atoms with Gasteiger partial charge in [-0.05, 0) is 0 Å². The zero-order chi connectivity index (χ0) is 20.4. The van der Waals surface area contributed by atoms with Crippen molar-refractivity contribution in [3.8, 4) is 0 Å². The van der Waals surface area contributed by atoms with Crippen LogP contribution in [0.3, 0.4) is 0 Å². The summed E-state index contributed by atoms with van der Waals surface area (Å²) in [5.41, 5.74) is 0.909. The van der Waals surface area contributed by atoms with Gasteiger partial charge >= 0.3 is 178 Å². The first-order valence-electron chi connectivity index (χ1n) is 9.77. The van der Waals surface area contributed by atoms with Gasteiger partial charge in [-0.1, -0.05) is 0 Å². The number of carbonyl (C=O) groups is 1. The zero-order valence-electron chi connectivity index (χ0n) is 17.2. The minimum Gasteiger partial charge on any atom is -1.00 e. The minimum absolute atomic E-state index is 0. The summed E-state index contributed by atoms with van der Waals surface area (Å²) in [4.78, 5) is 12.8. The molecule has 7 heteroatoms. The molecule has 2 aliphatic heterocycles. The average Bonchev–Trinajstić information content (AvgIpc) is 3.19. The Morgan fingerprint density at radius 1 is 1.10 bits per heavy atom. The average molecular weight is 539 g/mol. The first-order chi connectivity index (χ1) is 14.0. The van der Waals surface area contributed by atoms with Gasteiger partial charge in [0.25, 0.3) is 0 Å². The van der Waals surface area contributed by atoms with Gasteiger partial charge in [0.15, 0.2) is 0 Å². The van der Waals surface area contributed by atoms with Gasteiger partial charge in [-0.3, -0.25) is 0 Å². The summed E-state index contributed by atoms with van der Waals surface area (Å²) < 4.78 is 21.0. The molecule has 2 aromatic carbocycles. The van der Waals surface area contributed by atoms with E-state index in [-0.39, 0.29) is 56.2 Å². The largest absolute Gasteiger partial charge is 1.00 e. The number of nitrogens with zero attached hydrogens (tertiary/aromatic N) is 1. The number of benzene rings is 2. The van der Waals surface area contributed by atoms with Crippen LogP contribution in [0.25, 0.3) is 0 Å². The minimum atomic E-state index is -0.622. The molecule has 4 atom stereocenters. The smallest absolute Gasteiger partial charge is 1.00 e. The van der Waals surface area contributed by atoms with Gasteiger partial charge in [0.05, 0.1) is 0 Å². The van der Waals surface area contributed by atoms with Gasteiger partial charge in [0.2, 0.25) is 0 Å². The van der Waals surface area contributed by atoms with Gasteiger partial charge in [-0.15, -0.1) is 0 Å². The molecule has 160 valence electrons. The molecule has 0 amide bonds. The van der Waals surface area contributed by atoms with Crippen LogP contribution in [0, 0.1) is 0 Å². The van der Waals surface area contributed by atoms with Crippen LogP contribution in [0.2, 0.25) is 5.32 Å². The van der Waals surface area contributed by atoms with Gasteiger partial charge in [0, 0.05) is 0 Å². The first kappa shape index (κ1) is 23.2. The molecule has 1 saturated heterocycles. The van der Waals surface area contributed by atoms with Crippen LogP contribution in [0.15, 0.2) is 60.7 Å². The quantitative estimate of drug-likeness (QED) is 0.278. The van der Waals surface area contributed by atoms with E-state index in [0.29, 0.717) is 0 Å². The molecule has 0 spiro atoms. The molecule has 1 unspecified atom stereocenters. The maximum atomic E-state index is 12.8. The van der Waals surface area contributed by atoms with E-state index < -0.39 is 11.8 Å². The van der Waals surface area contributed by atoms with Crippen LogP contribution in [0.4, 0.5) is 0 Å². The molecule has 0 aliphatic carbocycles. The summed E-state index contributed by atoms with van der Waals surface area (Å²) in [7, 11) is 1.44. The third-order valence-electron chi connectivity index (χ3n) is 5.25. The Kier molecular flexibility index (Phi) is 7.53. The number of ether oxygens (including phenoxy) is 3. The number of halogens is 1. The van der Waals surface area contributed by atoms with Crippen molar-refractivity contribution in [2.24, 2.45) is 0 Å². The van der Waals surface area contributed by atoms with Crippen LogP contribution in [0.5, 0.6) is 0 Å². The number of rotatable bonds is 6. The summed E-state index contributed by atoms with van der Waals surface area (Å²) in [6, 6.07) is 19.8. The van der Waals surface area contributed by atoms with E-state index in [1.165, 1.54) is 11.6 Å². The van der Waals surface area contributed by atoms with E-state index in [2.05, 4.69) is 28.8 Å². The van der Waals surface area contributed by atoms with E-state index >= 15 is 0 Å². The standard InChI is InChI=1S/C23H26NO4Se.BrH/c1-23(2)27-19-14-24(20(22(25)26-3)16-10-6-4-7-11-16)18(21(19)28-23)15-29-17-12-8-5-9-13-17;/h4-14,18-21H,15H2,1-3H3;1H/q+1;/p-1/t18?,19-,20-,21+;/m0./s1. The molecule has 4 rings (SSSR count). The fourth-order valence-corrected chi connectivity index (χ4v) is 6.27. The number of esters is 1. The van der Waals surface area contributed by atoms with Crippen LogP contribution < -0.4 is 21.4 Å². The Hall–Kier alpha value is -1.50. The normalized spacial score (nSPS) is 25.0. The summed E-state index contributed by atoms with van der Waals surface area (Å²) in [6.45, 7) is 3.88. The number of methoxy groups -OCH3 is 1. The summed E-state index contributed by atoms with van der Waals surface area (Å²) >= 11 is 0.250. The summed E-state index contributed by atoms with van der Waals surface area (Å²) in [5.74, 6) is -0.896. The van der Waals surface area contributed by atoms with E-state index in [0.717, 1.165) is 10.9 Å². The van der Waals surface area contributed by atoms with Gasteiger partial charge in [0.1, 0.15) is 0 Å². The van der Waals surface area contributed by atoms with Crippen molar-refractivity contribution in [3.05, 3.63) is 66.2 Å². The third kappa shape index (κ3) is 4.87. The van der Waals surface area contributed by atoms with Crippen LogP contribution >= 0.6 is 0 Å². The van der Waals surface area contributed by atoms with Crippen molar-refractivity contribution >= 4 is 31.6 Å². The van der Waals surface area contributed by atoms with Crippen molar-refractivity contribution in [2.75, 3.05) is 7.11 Å². The predicted molar refractivity (Wildman–Crippen MR) is 112 cm³/mol. The van der Waals surface area contributed by atoms with Crippen LogP contribution in [0.1, 0.15) is 25.5 Å². The molecule has 2 aliphatic rings. The molecule has 2 heterocycles. The molecular weight excluding hydrogens is 513 g/mol. The topological polar surface area (TPSA) is 47.8 Å². The number of hydrogen-bond acceptors (Lipinski definition) is 4. The van der Waals surface area contributed by atoms with E-state index in [4.69, 9.17) is 14.2 Å². The Balaban J connectivity index is 0.00000256. The second-order valence-corrected chi connectivity index (χ2v) is 9.98. The molecule has 0 aromatic heterocycles. The Labute approximate surface area is 194 Å². The molecule has 2 aromatic rings. The summed E-state index contributed by atoms with van der Waals surface area (Å²) in [6.07, 6.45) is 1.75. The van der Waals surface area contributed by atoms with Gasteiger partial charge in [-0.25, -0.2) is 0 Å². The molecular formula is C23H26BrNO4Se. The predicted octanol–water partition coefficient (Wildman–Crippen LogP) is -0.662. The van der Waals surface area contributed by atoms with Crippen molar-refractivity contribution < 1.29 is 40.6 Å². The van der Waals surface area contributed by atoms with Gasteiger partial charge < -0.3 is 17.0 Å². The van der Waals surface area contributed by atoms with Crippen LogP contribution in [-0.4, -0.2) is 62.9 Å².